The van der Waals surface area contributed by atoms with Crippen LogP contribution in [-0.2, 0) is 20.4 Å². The van der Waals surface area contributed by atoms with Gasteiger partial charge in [-0.05, 0) is 75.2 Å². The summed E-state index contributed by atoms with van der Waals surface area (Å²) >= 11 is 0. The Labute approximate surface area is 213 Å². The number of piperidine rings is 1. The second-order valence-corrected chi connectivity index (χ2v) is 9.98. The lowest BCUT2D eigenvalue weighted by Gasteiger charge is -2.31. The fraction of sp³-hybridized carbons (Fsp3) is 0.462. The van der Waals surface area contributed by atoms with E-state index in [0.717, 1.165) is 25.1 Å². The van der Waals surface area contributed by atoms with E-state index in [2.05, 4.69) is 20.8 Å². The standard InChI is InChI=1S/C26H30F3N5O3/c1-16-31-32-33-34(16)21-14-18(26(27,28)29)13-20(22(21)17-9-6-5-7-10-17)23(24(35)37-25(2,3)4)36-19-11-8-12-30-15-19/h5-7,9-10,13-14,19,23,30H,8,11-12,15H2,1-4H3. The zero-order valence-corrected chi connectivity index (χ0v) is 21.2. The van der Waals surface area contributed by atoms with Crippen LogP contribution in [0.5, 0.6) is 0 Å². The number of aromatic nitrogens is 4. The third-order valence-electron chi connectivity index (χ3n) is 5.87. The molecule has 0 amide bonds. The normalized spacial score (nSPS) is 17.4. The monoisotopic (exact) mass is 517 g/mol. The van der Waals surface area contributed by atoms with Gasteiger partial charge in [-0.1, -0.05) is 30.3 Å². The van der Waals surface area contributed by atoms with Crippen LogP contribution in [0.1, 0.15) is 56.7 Å². The van der Waals surface area contributed by atoms with Gasteiger partial charge in [0.15, 0.2) is 11.9 Å². The number of rotatable bonds is 6. The number of aryl methyl sites for hydroxylation is 1. The van der Waals surface area contributed by atoms with Crippen LogP contribution in [0, 0.1) is 6.92 Å². The molecule has 1 aromatic heterocycles. The lowest BCUT2D eigenvalue weighted by Crippen LogP contribution is -2.38. The highest BCUT2D eigenvalue weighted by Gasteiger charge is 2.38. The van der Waals surface area contributed by atoms with Gasteiger partial charge in [-0.3, -0.25) is 0 Å². The highest BCUT2D eigenvalue weighted by atomic mass is 19.4. The van der Waals surface area contributed by atoms with Gasteiger partial charge < -0.3 is 14.8 Å². The third kappa shape index (κ3) is 6.34. The minimum absolute atomic E-state index is 0.0331. The molecule has 1 aliphatic rings. The van der Waals surface area contributed by atoms with Crippen molar-refractivity contribution < 1.29 is 27.4 Å². The number of hydrogen-bond acceptors (Lipinski definition) is 7. The van der Waals surface area contributed by atoms with Crippen LogP contribution in [-0.4, -0.2) is 51.0 Å². The molecule has 0 radical (unpaired) electrons. The molecule has 37 heavy (non-hydrogen) atoms. The van der Waals surface area contributed by atoms with Gasteiger partial charge in [-0.15, -0.1) is 5.10 Å². The van der Waals surface area contributed by atoms with Crippen molar-refractivity contribution in [2.24, 2.45) is 0 Å². The Morgan fingerprint density at radius 1 is 1.16 bits per heavy atom. The molecule has 198 valence electrons. The predicted molar refractivity (Wildman–Crippen MR) is 130 cm³/mol. The quantitative estimate of drug-likeness (QED) is 0.470. The predicted octanol–water partition coefficient (Wildman–Crippen LogP) is 4.81. The summed E-state index contributed by atoms with van der Waals surface area (Å²) in [6.07, 6.45) is -5.04. The van der Waals surface area contributed by atoms with Crippen LogP contribution in [0.2, 0.25) is 0 Å². The highest BCUT2D eigenvalue weighted by Crippen LogP contribution is 2.42. The molecule has 11 heteroatoms. The van der Waals surface area contributed by atoms with Gasteiger partial charge in [-0.25, -0.2) is 4.79 Å². The lowest BCUT2D eigenvalue weighted by atomic mass is 9.91. The first-order chi connectivity index (χ1) is 17.4. The summed E-state index contributed by atoms with van der Waals surface area (Å²) in [5, 5.41) is 14.6. The molecule has 0 spiro atoms. The number of halogens is 3. The van der Waals surface area contributed by atoms with E-state index in [9.17, 15) is 18.0 Å². The van der Waals surface area contributed by atoms with Crippen LogP contribution in [0.25, 0.3) is 16.8 Å². The summed E-state index contributed by atoms with van der Waals surface area (Å²) in [5.41, 5.74) is -0.791. The molecule has 0 aliphatic carbocycles. The number of benzene rings is 2. The van der Waals surface area contributed by atoms with Crippen LogP contribution >= 0.6 is 0 Å². The largest absolute Gasteiger partial charge is 0.458 e. The van der Waals surface area contributed by atoms with E-state index in [4.69, 9.17) is 9.47 Å². The molecule has 4 rings (SSSR count). The Balaban J connectivity index is 2.00. The average molecular weight is 518 g/mol. The number of hydrogen-bond donors (Lipinski definition) is 1. The molecule has 1 N–H and O–H groups in total. The number of carbonyl (C=O) groups is 1. The SMILES string of the molecule is Cc1nnnn1-c1cc(C(F)(F)F)cc(C(OC2CCCNC2)C(=O)OC(C)(C)C)c1-c1ccccc1. The van der Waals surface area contributed by atoms with Gasteiger partial charge in [0.05, 0.1) is 17.4 Å². The summed E-state index contributed by atoms with van der Waals surface area (Å²) in [5.74, 6) is -0.484. The minimum Gasteiger partial charge on any atom is -0.458 e. The molecular formula is C26H30F3N5O3. The molecule has 2 atom stereocenters. The van der Waals surface area contributed by atoms with E-state index in [0.29, 0.717) is 24.1 Å². The molecule has 2 heterocycles. The van der Waals surface area contributed by atoms with Gasteiger partial charge >= 0.3 is 12.1 Å². The Bertz CT molecular complexity index is 1230. The van der Waals surface area contributed by atoms with Gasteiger partial charge in [0.2, 0.25) is 0 Å². The Morgan fingerprint density at radius 3 is 2.46 bits per heavy atom. The Hall–Kier alpha value is -3.31. The maximum Gasteiger partial charge on any atom is 0.416 e. The average Bonchev–Trinajstić information content (AvgIpc) is 3.27. The summed E-state index contributed by atoms with van der Waals surface area (Å²) in [4.78, 5) is 13.5. The van der Waals surface area contributed by atoms with Crippen LogP contribution in [0.3, 0.4) is 0 Å². The highest BCUT2D eigenvalue weighted by molar-refractivity contribution is 5.85. The van der Waals surface area contributed by atoms with Crippen molar-refractivity contribution in [1.82, 2.24) is 25.5 Å². The van der Waals surface area contributed by atoms with Crippen LogP contribution in [0.4, 0.5) is 13.2 Å². The molecule has 2 aromatic carbocycles. The topological polar surface area (TPSA) is 91.2 Å². The molecule has 1 aliphatic heterocycles. The Morgan fingerprint density at radius 2 is 1.89 bits per heavy atom. The number of nitrogens with one attached hydrogen (secondary N) is 1. The number of esters is 1. The molecule has 1 fully saturated rings. The molecule has 1 saturated heterocycles. The number of ether oxygens (including phenoxy) is 2. The molecule has 2 unspecified atom stereocenters. The van der Waals surface area contributed by atoms with Crippen molar-refractivity contribution in [3.63, 3.8) is 0 Å². The first-order valence-corrected chi connectivity index (χ1v) is 12.1. The van der Waals surface area contributed by atoms with Crippen LogP contribution < -0.4 is 5.32 Å². The fourth-order valence-electron chi connectivity index (χ4n) is 4.30. The zero-order valence-electron chi connectivity index (χ0n) is 21.2. The number of tetrazole rings is 1. The van der Waals surface area contributed by atoms with Gasteiger partial charge in [-0.2, -0.15) is 17.9 Å². The summed E-state index contributed by atoms with van der Waals surface area (Å²) in [7, 11) is 0. The Kier molecular flexibility index (Phi) is 7.65. The zero-order chi connectivity index (χ0) is 26.8. The van der Waals surface area contributed by atoms with E-state index in [1.165, 1.54) is 4.68 Å². The second-order valence-electron chi connectivity index (χ2n) is 9.98. The first kappa shape index (κ1) is 26.7. The van der Waals surface area contributed by atoms with Crippen molar-refractivity contribution in [1.29, 1.82) is 0 Å². The lowest BCUT2D eigenvalue weighted by molar-refractivity contribution is -0.173. The maximum atomic E-state index is 14.2. The fourth-order valence-corrected chi connectivity index (χ4v) is 4.30. The molecular weight excluding hydrogens is 487 g/mol. The summed E-state index contributed by atoms with van der Waals surface area (Å²) in [6.45, 7) is 7.96. The number of carbonyl (C=O) groups excluding carboxylic acids is 1. The molecule has 3 aromatic rings. The second kappa shape index (κ2) is 10.6. The maximum absolute atomic E-state index is 14.2. The van der Waals surface area contributed by atoms with E-state index >= 15 is 0 Å². The van der Waals surface area contributed by atoms with Gasteiger partial charge in [0.25, 0.3) is 0 Å². The van der Waals surface area contributed by atoms with E-state index in [-0.39, 0.29) is 23.2 Å². The van der Waals surface area contributed by atoms with Crippen molar-refractivity contribution in [2.75, 3.05) is 13.1 Å². The summed E-state index contributed by atoms with van der Waals surface area (Å²) in [6, 6.07) is 10.8. The molecule has 0 saturated carbocycles. The van der Waals surface area contributed by atoms with Crippen molar-refractivity contribution in [2.45, 2.75) is 64.5 Å². The van der Waals surface area contributed by atoms with E-state index in [1.807, 2.05) is 0 Å². The van der Waals surface area contributed by atoms with E-state index in [1.54, 1.807) is 58.0 Å². The number of alkyl halides is 3. The van der Waals surface area contributed by atoms with Crippen molar-refractivity contribution in [3.8, 4) is 16.8 Å². The van der Waals surface area contributed by atoms with Crippen LogP contribution in [0.15, 0.2) is 42.5 Å². The number of nitrogens with zero attached hydrogens (tertiary/aromatic N) is 4. The van der Waals surface area contributed by atoms with Crippen molar-refractivity contribution in [3.05, 3.63) is 59.4 Å². The smallest absolute Gasteiger partial charge is 0.416 e. The summed E-state index contributed by atoms with van der Waals surface area (Å²) < 4.78 is 55.7. The minimum atomic E-state index is -4.70. The van der Waals surface area contributed by atoms with Gasteiger partial charge in [0, 0.05) is 17.7 Å². The molecule has 0 bridgehead atoms. The molecule has 8 nitrogen and oxygen atoms in total. The van der Waals surface area contributed by atoms with E-state index < -0.39 is 29.4 Å². The van der Waals surface area contributed by atoms with Gasteiger partial charge in [0.1, 0.15) is 5.60 Å². The first-order valence-electron chi connectivity index (χ1n) is 12.1. The van der Waals surface area contributed by atoms with Crippen molar-refractivity contribution >= 4 is 5.97 Å². The third-order valence-corrected chi connectivity index (χ3v) is 5.87.